The van der Waals surface area contributed by atoms with Crippen molar-refractivity contribution in [3.05, 3.63) is 36.0 Å². The van der Waals surface area contributed by atoms with Crippen molar-refractivity contribution in [2.75, 3.05) is 0 Å². The summed E-state index contributed by atoms with van der Waals surface area (Å²) < 4.78 is 0. The van der Waals surface area contributed by atoms with Crippen LogP contribution in [-0.4, -0.2) is 0 Å². The smallest absolute Gasteiger partial charge is 0.0139 e. The molecule has 0 bridgehead atoms. The van der Waals surface area contributed by atoms with Crippen molar-refractivity contribution in [3.63, 3.8) is 0 Å². The van der Waals surface area contributed by atoms with E-state index in [0.717, 1.165) is 18.3 Å². The third kappa shape index (κ3) is 2.42. The molecule has 0 aliphatic heterocycles. The number of hydrogen-bond donors (Lipinski definition) is 0. The van der Waals surface area contributed by atoms with Crippen molar-refractivity contribution in [2.45, 2.75) is 45.4 Å². The molecule has 1 fully saturated rings. The molecule has 0 aromatic heterocycles. The third-order valence-electron chi connectivity index (χ3n) is 4.07. The van der Waals surface area contributed by atoms with Gasteiger partial charge < -0.3 is 0 Å². The first-order chi connectivity index (χ1) is 7.16. The fourth-order valence-corrected chi connectivity index (χ4v) is 2.93. The molecule has 2 aliphatic rings. The molecule has 0 saturated heterocycles. The Labute approximate surface area is 93.8 Å². The predicted octanol–water partition coefficient (Wildman–Crippen LogP) is 4.65. The Bertz CT molecular complexity index is 306. The van der Waals surface area contributed by atoms with Gasteiger partial charge in [-0.1, -0.05) is 36.0 Å². The largest absolute Gasteiger partial charge is 0.0999 e. The average Bonchev–Trinajstić information content (AvgIpc) is 2.40. The van der Waals surface area contributed by atoms with E-state index < -0.39 is 0 Å². The van der Waals surface area contributed by atoms with Crippen LogP contribution in [-0.2, 0) is 0 Å². The Morgan fingerprint density at radius 3 is 2.87 bits per heavy atom. The summed E-state index contributed by atoms with van der Waals surface area (Å²) >= 11 is 0. The van der Waals surface area contributed by atoms with Crippen LogP contribution in [0.5, 0.6) is 0 Å². The number of allylic oxidation sites excluding steroid dienone is 4. The highest BCUT2D eigenvalue weighted by atomic mass is 14.3. The standard InChI is InChI=1S/C15H22/c1-11(2)14-9-8-13-6-4-12(3)5-7-15(13)10-14/h6,14-15H,1,3-5,7-10H2,2H3. The molecule has 0 spiro atoms. The lowest BCUT2D eigenvalue weighted by atomic mass is 9.74. The minimum absolute atomic E-state index is 0.776. The monoisotopic (exact) mass is 202 g/mol. The number of fused-ring (bicyclic) bond motifs is 1. The van der Waals surface area contributed by atoms with Crippen molar-refractivity contribution >= 4 is 0 Å². The van der Waals surface area contributed by atoms with Crippen LogP contribution in [0.15, 0.2) is 36.0 Å². The second-order valence-corrected chi connectivity index (χ2v) is 5.29. The Morgan fingerprint density at radius 1 is 1.33 bits per heavy atom. The van der Waals surface area contributed by atoms with Gasteiger partial charge >= 0.3 is 0 Å². The van der Waals surface area contributed by atoms with Crippen LogP contribution in [0.2, 0.25) is 0 Å². The minimum Gasteiger partial charge on any atom is -0.0999 e. The topological polar surface area (TPSA) is 0 Å². The highest BCUT2D eigenvalue weighted by molar-refractivity contribution is 5.19. The van der Waals surface area contributed by atoms with Gasteiger partial charge in [0.1, 0.15) is 0 Å². The van der Waals surface area contributed by atoms with E-state index in [4.69, 9.17) is 0 Å². The van der Waals surface area contributed by atoms with E-state index in [1.165, 1.54) is 43.3 Å². The number of rotatable bonds is 1. The molecule has 0 amide bonds. The molecule has 0 aromatic rings. The highest BCUT2D eigenvalue weighted by Crippen LogP contribution is 2.41. The predicted molar refractivity (Wildman–Crippen MR) is 66.7 cm³/mol. The summed E-state index contributed by atoms with van der Waals surface area (Å²) in [5, 5.41) is 0. The summed E-state index contributed by atoms with van der Waals surface area (Å²) in [6, 6.07) is 0. The van der Waals surface area contributed by atoms with Gasteiger partial charge in [-0.25, -0.2) is 0 Å². The summed E-state index contributed by atoms with van der Waals surface area (Å²) in [6.45, 7) is 10.4. The second kappa shape index (κ2) is 4.38. The Balaban J connectivity index is 2.07. The normalized spacial score (nSPS) is 31.5. The van der Waals surface area contributed by atoms with Crippen LogP contribution in [0.3, 0.4) is 0 Å². The molecular formula is C15H22. The fourth-order valence-electron chi connectivity index (χ4n) is 2.93. The Hall–Kier alpha value is -0.780. The Kier molecular flexibility index (Phi) is 3.14. The maximum absolute atomic E-state index is 4.12. The van der Waals surface area contributed by atoms with Gasteiger partial charge in [0.05, 0.1) is 0 Å². The minimum atomic E-state index is 0.776. The average molecular weight is 202 g/mol. The molecule has 0 radical (unpaired) electrons. The third-order valence-corrected chi connectivity index (χ3v) is 4.07. The van der Waals surface area contributed by atoms with E-state index in [9.17, 15) is 0 Å². The lowest BCUT2D eigenvalue weighted by Gasteiger charge is -2.31. The molecule has 0 heteroatoms. The van der Waals surface area contributed by atoms with Gasteiger partial charge in [-0.3, -0.25) is 0 Å². The number of hydrogen-bond acceptors (Lipinski definition) is 0. The zero-order chi connectivity index (χ0) is 10.8. The van der Waals surface area contributed by atoms with Crippen LogP contribution in [0.1, 0.15) is 45.4 Å². The molecule has 2 aliphatic carbocycles. The van der Waals surface area contributed by atoms with Gasteiger partial charge in [-0.05, 0) is 57.3 Å². The molecule has 0 nitrogen and oxygen atoms in total. The van der Waals surface area contributed by atoms with E-state index in [0.29, 0.717) is 0 Å². The van der Waals surface area contributed by atoms with Gasteiger partial charge in [0.25, 0.3) is 0 Å². The van der Waals surface area contributed by atoms with Gasteiger partial charge in [0.15, 0.2) is 0 Å². The van der Waals surface area contributed by atoms with Gasteiger partial charge in [0, 0.05) is 0 Å². The van der Waals surface area contributed by atoms with Crippen molar-refractivity contribution < 1.29 is 0 Å². The Morgan fingerprint density at radius 2 is 2.13 bits per heavy atom. The summed E-state index contributed by atoms with van der Waals surface area (Å²) in [6.07, 6.45) is 10.1. The van der Waals surface area contributed by atoms with Gasteiger partial charge in [-0.2, -0.15) is 0 Å². The molecule has 82 valence electrons. The maximum Gasteiger partial charge on any atom is -0.0139 e. The first-order valence-corrected chi connectivity index (χ1v) is 6.18. The first-order valence-electron chi connectivity index (χ1n) is 6.18. The zero-order valence-corrected chi connectivity index (χ0v) is 9.89. The molecular weight excluding hydrogens is 180 g/mol. The van der Waals surface area contributed by atoms with Crippen LogP contribution in [0.25, 0.3) is 0 Å². The van der Waals surface area contributed by atoms with Gasteiger partial charge in [0.2, 0.25) is 0 Å². The van der Waals surface area contributed by atoms with Crippen LogP contribution in [0.4, 0.5) is 0 Å². The molecule has 2 rings (SSSR count). The fraction of sp³-hybridized carbons (Fsp3) is 0.600. The summed E-state index contributed by atoms with van der Waals surface area (Å²) in [4.78, 5) is 0. The van der Waals surface area contributed by atoms with Crippen LogP contribution in [0, 0.1) is 11.8 Å². The molecule has 0 N–H and O–H groups in total. The van der Waals surface area contributed by atoms with E-state index >= 15 is 0 Å². The van der Waals surface area contributed by atoms with Crippen molar-refractivity contribution in [1.29, 1.82) is 0 Å². The summed E-state index contributed by atoms with van der Waals surface area (Å²) in [5.41, 5.74) is 4.52. The highest BCUT2D eigenvalue weighted by Gasteiger charge is 2.26. The van der Waals surface area contributed by atoms with E-state index in [-0.39, 0.29) is 0 Å². The molecule has 0 heterocycles. The summed E-state index contributed by atoms with van der Waals surface area (Å²) in [7, 11) is 0. The van der Waals surface area contributed by atoms with Crippen molar-refractivity contribution in [2.24, 2.45) is 11.8 Å². The SMILES string of the molecule is C=C1CC=C2CCC(C(=C)C)CC2CC1. The quantitative estimate of drug-likeness (QED) is 0.543. The van der Waals surface area contributed by atoms with E-state index in [2.05, 4.69) is 26.2 Å². The first kappa shape index (κ1) is 10.7. The molecule has 2 unspecified atom stereocenters. The zero-order valence-electron chi connectivity index (χ0n) is 9.89. The second-order valence-electron chi connectivity index (χ2n) is 5.29. The van der Waals surface area contributed by atoms with Crippen molar-refractivity contribution in [3.8, 4) is 0 Å². The van der Waals surface area contributed by atoms with Crippen LogP contribution >= 0.6 is 0 Å². The molecule has 1 saturated carbocycles. The van der Waals surface area contributed by atoms with Gasteiger partial charge in [-0.15, -0.1) is 0 Å². The van der Waals surface area contributed by atoms with Crippen LogP contribution < -0.4 is 0 Å². The lowest BCUT2D eigenvalue weighted by Crippen LogP contribution is -2.18. The molecule has 0 aromatic carbocycles. The van der Waals surface area contributed by atoms with E-state index in [1.54, 1.807) is 5.57 Å². The van der Waals surface area contributed by atoms with Crippen molar-refractivity contribution in [1.82, 2.24) is 0 Å². The molecule has 2 atom stereocenters. The molecule has 15 heavy (non-hydrogen) atoms. The maximum atomic E-state index is 4.12. The lowest BCUT2D eigenvalue weighted by molar-refractivity contribution is 0.356. The summed E-state index contributed by atoms with van der Waals surface area (Å²) in [5.74, 6) is 1.61. The van der Waals surface area contributed by atoms with E-state index in [1.807, 2.05) is 0 Å².